The van der Waals surface area contributed by atoms with E-state index < -0.39 is 10.0 Å². The van der Waals surface area contributed by atoms with Crippen LogP contribution in [0.25, 0.3) is 0 Å². The van der Waals surface area contributed by atoms with Gasteiger partial charge in [-0.15, -0.1) is 12.4 Å². The second kappa shape index (κ2) is 9.39. The number of benzene rings is 1. The molecule has 1 aromatic rings. The zero-order valence-electron chi connectivity index (χ0n) is 14.6. The van der Waals surface area contributed by atoms with Crippen LogP contribution < -0.4 is 5.32 Å². The van der Waals surface area contributed by atoms with Gasteiger partial charge in [-0.3, -0.25) is 0 Å². The summed E-state index contributed by atoms with van der Waals surface area (Å²) in [5.74, 6) is 0.825. The third kappa shape index (κ3) is 5.09. The molecule has 24 heavy (non-hydrogen) atoms. The minimum Gasteiger partial charge on any atom is -0.317 e. The van der Waals surface area contributed by atoms with Crippen molar-refractivity contribution in [1.29, 1.82) is 0 Å². The summed E-state index contributed by atoms with van der Waals surface area (Å²) in [5, 5.41) is 3.65. The predicted molar refractivity (Wildman–Crippen MR) is 103 cm³/mol. The Bertz CT molecular complexity index is 627. The smallest absolute Gasteiger partial charge is 0.244 e. The molecular formula is C17H28Cl2N2O2S. The lowest BCUT2D eigenvalue weighted by Gasteiger charge is -2.31. The molecule has 0 unspecified atom stereocenters. The van der Waals surface area contributed by atoms with Crippen LogP contribution in [0.2, 0.25) is 5.02 Å². The average Bonchev–Trinajstić information content (AvgIpc) is 2.53. The van der Waals surface area contributed by atoms with Gasteiger partial charge in [0, 0.05) is 13.1 Å². The normalized spacial score (nSPS) is 17.0. The molecular weight excluding hydrogens is 367 g/mol. The molecule has 138 valence electrons. The van der Waals surface area contributed by atoms with Gasteiger partial charge < -0.3 is 5.32 Å². The van der Waals surface area contributed by atoms with Crippen molar-refractivity contribution in [2.24, 2.45) is 5.92 Å². The first-order valence-corrected chi connectivity index (χ1v) is 10.2. The third-order valence-electron chi connectivity index (χ3n) is 4.50. The number of nitrogens with zero attached hydrogens (tertiary/aromatic N) is 1. The van der Waals surface area contributed by atoms with Gasteiger partial charge in [-0.25, -0.2) is 8.42 Å². The summed E-state index contributed by atoms with van der Waals surface area (Å²) in [6, 6.07) is 5.32. The Balaban J connectivity index is 0.00000288. The molecule has 0 atom stereocenters. The Hall–Kier alpha value is -0.330. The maximum Gasteiger partial charge on any atom is 0.244 e. The minimum atomic E-state index is -3.51. The third-order valence-corrected chi connectivity index (χ3v) is 6.88. The second-order valence-electron chi connectivity index (χ2n) is 6.50. The molecule has 1 aliphatic rings. The van der Waals surface area contributed by atoms with Gasteiger partial charge in [-0.05, 0) is 55.5 Å². The molecule has 0 saturated carbocycles. The first kappa shape index (κ1) is 21.7. The highest BCUT2D eigenvalue weighted by molar-refractivity contribution is 7.89. The van der Waals surface area contributed by atoms with E-state index in [1.54, 1.807) is 16.4 Å². The number of halogens is 2. The Morgan fingerprint density at radius 2 is 1.92 bits per heavy atom. The van der Waals surface area contributed by atoms with Gasteiger partial charge in [-0.1, -0.05) is 38.4 Å². The van der Waals surface area contributed by atoms with Crippen molar-refractivity contribution in [3.63, 3.8) is 0 Å². The largest absolute Gasteiger partial charge is 0.317 e. The Morgan fingerprint density at radius 1 is 1.29 bits per heavy atom. The van der Waals surface area contributed by atoms with Crippen molar-refractivity contribution < 1.29 is 8.42 Å². The second-order valence-corrected chi connectivity index (χ2v) is 8.81. The van der Waals surface area contributed by atoms with E-state index in [0.717, 1.165) is 31.5 Å². The van der Waals surface area contributed by atoms with Crippen molar-refractivity contribution in [2.45, 2.75) is 44.4 Å². The van der Waals surface area contributed by atoms with Gasteiger partial charge in [0.25, 0.3) is 0 Å². The van der Waals surface area contributed by atoms with E-state index in [2.05, 4.69) is 12.2 Å². The minimum absolute atomic E-state index is 0. The van der Waals surface area contributed by atoms with Crippen molar-refractivity contribution in [1.82, 2.24) is 9.62 Å². The van der Waals surface area contributed by atoms with E-state index in [4.69, 9.17) is 11.6 Å². The molecule has 0 spiro atoms. The number of nitrogens with one attached hydrogen (secondary N) is 1. The predicted octanol–water partition coefficient (Wildman–Crippen LogP) is 3.90. The zero-order valence-corrected chi connectivity index (χ0v) is 17.0. The number of hydrogen-bond acceptors (Lipinski definition) is 3. The van der Waals surface area contributed by atoms with Crippen LogP contribution in [0.4, 0.5) is 0 Å². The Kier molecular flexibility index (Phi) is 8.50. The maximum atomic E-state index is 12.9. The fourth-order valence-electron chi connectivity index (χ4n) is 2.92. The molecule has 1 N–H and O–H groups in total. The van der Waals surface area contributed by atoms with Crippen molar-refractivity contribution in [2.75, 3.05) is 26.2 Å². The van der Waals surface area contributed by atoms with Crippen molar-refractivity contribution >= 4 is 34.0 Å². The first-order valence-electron chi connectivity index (χ1n) is 8.36. The molecule has 7 heteroatoms. The van der Waals surface area contributed by atoms with E-state index in [0.29, 0.717) is 24.0 Å². The number of rotatable bonds is 6. The monoisotopic (exact) mass is 394 g/mol. The van der Waals surface area contributed by atoms with Gasteiger partial charge in [0.1, 0.15) is 4.90 Å². The number of piperidine rings is 1. The van der Waals surface area contributed by atoms with Crippen molar-refractivity contribution in [3.8, 4) is 0 Å². The van der Waals surface area contributed by atoms with Gasteiger partial charge in [0.2, 0.25) is 10.0 Å². The Labute approximate surface area is 157 Å². The topological polar surface area (TPSA) is 49.4 Å². The van der Waals surface area contributed by atoms with Gasteiger partial charge in [-0.2, -0.15) is 4.31 Å². The molecule has 2 rings (SSSR count). The zero-order chi connectivity index (χ0) is 17.0. The molecule has 4 nitrogen and oxygen atoms in total. The summed E-state index contributed by atoms with van der Waals surface area (Å²) in [6.07, 6.45) is 1.79. The molecule has 1 heterocycles. The van der Waals surface area contributed by atoms with Crippen LogP contribution in [0.5, 0.6) is 0 Å². The highest BCUT2D eigenvalue weighted by Crippen LogP contribution is 2.30. The summed E-state index contributed by atoms with van der Waals surface area (Å²) in [7, 11) is -3.51. The quantitative estimate of drug-likeness (QED) is 0.795. The van der Waals surface area contributed by atoms with E-state index in [1.807, 2.05) is 19.9 Å². The van der Waals surface area contributed by atoms with Gasteiger partial charge in [0.15, 0.2) is 0 Å². The van der Waals surface area contributed by atoms with Crippen LogP contribution in [0.1, 0.15) is 45.1 Å². The summed E-state index contributed by atoms with van der Waals surface area (Å²) >= 11 is 6.19. The SMILES string of the molecule is CCNCC1CCN(S(=O)(=O)c2cc(C(C)C)ccc2Cl)CC1.Cl. The van der Waals surface area contributed by atoms with Crippen LogP contribution in [-0.2, 0) is 10.0 Å². The van der Waals surface area contributed by atoms with Crippen molar-refractivity contribution in [3.05, 3.63) is 28.8 Å². The fraction of sp³-hybridized carbons (Fsp3) is 0.647. The van der Waals surface area contributed by atoms with Crippen LogP contribution in [0.15, 0.2) is 23.1 Å². The summed E-state index contributed by atoms with van der Waals surface area (Å²) < 4.78 is 27.4. The van der Waals surface area contributed by atoms with E-state index in [9.17, 15) is 8.42 Å². The molecule has 0 aromatic heterocycles. The van der Waals surface area contributed by atoms with Crippen LogP contribution in [-0.4, -0.2) is 38.9 Å². The molecule has 0 radical (unpaired) electrons. The van der Waals surface area contributed by atoms with Gasteiger partial charge in [0.05, 0.1) is 5.02 Å². The lowest BCUT2D eigenvalue weighted by Crippen LogP contribution is -2.40. The Morgan fingerprint density at radius 3 is 2.46 bits per heavy atom. The molecule has 0 aliphatic carbocycles. The van der Waals surface area contributed by atoms with Crippen LogP contribution in [0.3, 0.4) is 0 Å². The molecule has 1 aliphatic heterocycles. The van der Waals surface area contributed by atoms with Crippen LogP contribution in [0, 0.1) is 5.92 Å². The molecule has 0 amide bonds. The standard InChI is InChI=1S/C17H27ClN2O2S.ClH/c1-4-19-12-14-7-9-20(10-8-14)23(21,22)17-11-15(13(2)3)5-6-16(17)18;/h5-6,11,13-14,19H,4,7-10,12H2,1-3H3;1H. The number of hydrogen-bond donors (Lipinski definition) is 1. The fourth-order valence-corrected chi connectivity index (χ4v) is 4.90. The lowest BCUT2D eigenvalue weighted by atomic mass is 9.98. The first-order chi connectivity index (χ1) is 10.9. The highest BCUT2D eigenvalue weighted by Gasteiger charge is 2.31. The molecule has 1 fully saturated rings. The summed E-state index contributed by atoms with van der Waals surface area (Å²) in [6.45, 7) is 9.24. The average molecular weight is 395 g/mol. The van der Waals surface area contributed by atoms with E-state index in [1.165, 1.54) is 0 Å². The molecule has 0 bridgehead atoms. The van der Waals surface area contributed by atoms with E-state index in [-0.39, 0.29) is 23.2 Å². The lowest BCUT2D eigenvalue weighted by molar-refractivity contribution is 0.268. The number of sulfonamides is 1. The maximum absolute atomic E-state index is 12.9. The molecule has 1 saturated heterocycles. The van der Waals surface area contributed by atoms with Gasteiger partial charge >= 0.3 is 0 Å². The van der Waals surface area contributed by atoms with Crippen LogP contribution >= 0.6 is 24.0 Å². The van der Waals surface area contributed by atoms with E-state index >= 15 is 0 Å². The highest BCUT2D eigenvalue weighted by atomic mass is 35.5. The molecule has 1 aromatic carbocycles. The summed E-state index contributed by atoms with van der Waals surface area (Å²) in [4.78, 5) is 0.246. The summed E-state index contributed by atoms with van der Waals surface area (Å²) in [5.41, 5.74) is 0.995.